The normalized spacial score (nSPS) is 36.3. The summed E-state index contributed by atoms with van der Waals surface area (Å²) in [6.07, 6.45) is 3.61. The first-order valence-corrected chi connectivity index (χ1v) is 7.59. The second-order valence-electron chi connectivity index (χ2n) is 7.28. The van der Waals surface area contributed by atoms with Gasteiger partial charge >= 0.3 is 0 Å². The Morgan fingerprint density at radius 2 is 2.00 bits per heavy atom. The number of carbonyl (C=O) groups excluding carboxylic acids is 1. The number of carbonyl (C=O) groups is 1. The van der Waals surface area contributed by atoms with Gasteiger partial charge in [-0.1, -0.05) is 0 Å². The molecule has 1 aliphatic carbocycles. The van der Waals surface area contributed by atoms with Crippen LogP contribution in [0.3, 0.4) is 0 Å². The second-order valence-corrected chi connectivity index (χ2v) is 7.28. The molecule has 2 atom stereocenters. The van der Waals surface area contributed by atoms with Crippen molar-refractivity contribution in [2.75, 3.05) is 26.2 Å². The Bertz CT molecular complexity index is 374. The Morgan fingerprint density at radius 3 is 2.63 bits per heavy atom. The molecule has 0 aromatic rings. The number of hydrogen-bond acceptors (Lipinski definition) is 3. The molecule has 0 aromatic carbocycles. The summed E-state index contributed by atoms with van der Waals surface area (Å²) < 4.78 is 5.89. The molecule has 108 valence electrons. The molecule has 0 aromatic heterocycles. The van der Waals surface area contributed by atoms with Crippen molar-refractivity contribution in [3.63, 3.8) is 0 Å². The summed E-state index contributed by atoms with van der Waals surface area (Å²) in [5.41, 5.74) is 0.136. The van der Waals surface area contributed by atoms with Gasteiger partial charge in [0.25, 0.3) is 0 Å². The third-order valence-corrected chi connectivity index (χ3v) is 4.97. The Labute approximate surface area is 115 Å². The van der Waals surface area contributed by atoms with Gasteiger partial charge in [-0.15, -0.1) is 0 Å². The fourth-order valence-corrected chi connectivity index (χ4v) is 4.02. The Morgan fingerprint density at radius 1 is 1.32 bits per heavy atom. The molecule has 3 aliphatic rings. The molecular formula is C15H26N2O2. The van der Waals surface area contributed by atoms with Gasteiger partial charge in [0.2, 0.25) is 5.91 Å². The van der Waals surface area contributed by atoms with Gasteiger partial charge in [0, 0.05) is 19.0 Å². The first-order chi connectivity index (χ1) is 8.92. The topological polar surface area (TPSA) is 41.6 Å². The summed E-state index contributed by atoms with van der Waals surface area (Å²) >= 11 is 0. The van der Waals surface area contributed by atoms with Gasteiger partial charge in [-0.2, -0.15) is 0 Å². The molecule has 3 fully saturated rings. The number of hydrogen-bond donors (Lipinski definition) is 1. The molecule has 2 unspecified atom stereocenters. The molecule has 19 heavy (non-hydrogen) atoms. The van der Waals surface area contributed by atoms with E-state index in [-0.39, 0.29) is 17.6 Å². The van der Waals surface area contributed by atoms with E-state index in [1.54, 1.807) is 0 Å². The molecule has 2 aliphatic heterocycles. The van der Waals surface area contributed by atoms with Gasteiger partial charge < -0.3 is 15.0 Å². The lowest BCUT2D eigenvalue weighted by Crippen LogP contribution is -2.54. The van der Waals surface area contributed by atoms with Crippen LogP contribution in [0.1, 0.15) is 40.0 Å². The van der Waals surface area contributed by atoms with E-state index in [2.05, 4.69) is 31.0 Å². The van der Waals surface area contributed by atoms with Gasteiger partial charge in [-0.25, -0.2) is 0 Å². The number of amides is 1. The van der Waals surface area contributed by atoms with Crippen LogP contribution in [0, 0.1) is 11.3 Å². The molecule has 1 saturated carbocycles. The van der Waals surface area contributed by atoms with E-state index < -0.39 is 0 Å². The molecule has 2 saturated heterocycles. The maximum atomic E-state index is 12.7. The Balaban J connectivity index is 1.65. The maximum absolute atomic E-state index is 12.7. The smallest absolute Gasteiger partial charge is 0.226 e. The molecule has 1 spiro atoms. The highest BCUT2D eigenvalue weighted by atomic mass is 16.5. The molecule has 2 heterocycles. The maximum Gasteiger partial charge on any atom is 0.226 e. The highest BCUT2D eigenvalue weighted by Gasteiger charge is 2.59. The lowest BCUT2D eigenvalue weighted by Gasteiger charge is -2.42. The van der Waals surface area contributed by atoms with E-state index in [0.717, 1.165) is 32.6 Å². The number of piperidine rings is 1. The van der Waals surface area contributed by atoms with Gasteiger partial charge in [0.05, 0.1) is 11.7 Å². The average Bonchev–Trinajstić information content (AvgIpc) is 3.00. The molecule has 0 radical (unpaired) electrons. The average molecular weight is 266 g/mol. The number of morpholine rings is 1. The summed E-state index contributed by atoms with van der Waals surface area (Å²) in [5, 5.41) is 3.39. The zero-order chi connectivity index (χ0) is 13.7. The Hall–Kier alpha value is -0.610. The van der Waals surface area contributed by atoms with Crippen molar-refractivity contribution >= 4 is 5.91 Å². The van der Waals surface area contributed by atoms with E-state index >= 15 is 0 Å². The Kier molecular flexibility index (Phi) is 3.13. The van der Waals surface area contributed by atoms with Crippen LogP contribution in [-0.2, 0) is 9.53 Å². The van der Waals surface area contributed by atoms with Crippen LogP contribution in [0.25, 0.3) is 0 Å². The molecule has 4 nitrogen and oxygen atoms in total. The van der Waals surface area contributed by atoms with Crippen LogP contribution < -0.4 is 5.32 Å². The number of nitrogens with zero attached hydrogens (tertiary/aromatic N) is 1. The number of ether oxygens (including phenoxy) is 1. The van der Waals surface area contributed by atoms with E-state index in [9.17, 15) is 4.79 Å². The van der Waals surface area contributed by atoms with Crippen molar-refractivity contribution in [2.24, 2.45) is 11.3 Å². The van der Waals surface area contributed by atoms with E-state index in [1.807, 2.05) is 0 Å². The van der Waals surface area contributed by atoms with Gasteiger partial charge in [0.1, 0.15) is 0 Å². The van der Waals surface area contributed by atoms with Crippen LogP contribution >= 0.6 is 0 Å². The highest BCUT2D eigenvalue weighted by molar-refractivity contribution is 5.83. The van der Waals surface area contributed by atoms with Crippen molar-refractivity contribution in [3.05, 3.63) is 0 Å². The minimum Gasteiger partial charge on any atom is -0.369 e. The van der Waals surface area contributed by atoms with E-state index in [1.165, 1.54) is 12.8 Å². The standard InChI is InChI=1S/C15H26N2O2/c1-11-9-17(10-14(2,3)19-11)13(18)12-8-15(12)4-6-16-7-5-15/h11-12,16H,4-10H2,1-3H3. The van der Waals surface area contributed by atoms with Crippen molar-refractivity contribution < 1.29 is 9.53 Å². The van der Waals surface area contributed by atoms with Crippen LogP contribution in [0.5, 0.6) is 0 Å². The monoisotopic (exact) mass is 266 g/mol. The third kappa shape index (κ3) is 2.52. The van der Waals surface area contributed by atoms with Crippen molar-refractivity contribution in [3.8, 4) is 0 Å². The molecule has 1 amide bonds. The first kappa shape index (κ1) is 13.4. The van der Waals surface area contributed by atoms with Crippen LogP contribution in [0.2, 0.25) is 0 Å². The quantitative estimate of drug-likeness (QED) is 0.780. The molecule has 1 N–H and O–H groups in total. The summed E-state index contributed by atoms with van der Waals surface area (Å²) in [6, 6.07) is 0. The number of rotatable bonds is 1. The summed E-state index contributed by atoms with van der Waals surface area (Å²) in [7, 11) is 0. The number of nitrogens with one attached hydrogen (secondary N) is 1. The molecular weight excluding hydrogens is 240 g/mol. The minimum atomic E-state index is -0.205. The third-order valence-electron chi connectivity index (χ3n) is 4.97. The van der Waals surface area contributed by atoms with Crippen molar-refractivity contribution in [1.82, 2.24) is 10.2 Å². The van der Waals surface area contributed by atoms with Gasteiger partial charge in [0.15, 0.2) is 0 Å². The van der Waals surface area contributed by atoms with Crippen molar-refractivity contribution in [2.45, 2.75) is 51.7 Å². The van der Waals surface area contributed by atoms with E-state index in [0.29, 0.717) is 11.3 Å². The van der Waals surface area contributed by atoms with Gasteiger partial charge in [-0.05, 0) is 58.5 Å². The van der Waals surface area contributed by atoms with Crippen LogP contribution in [0.15, 0.2) is 0 Å². The predicted octanol–water partition coefficient (Wildman–Crippen LogP) is 1.40. The molecule has 3 rings (SSSR count). The minimum absolute atomic E-state index is 0.149. The SMILES string of the molecule is CC1CN(C(=O)C2CC23CCNCC3)CC(C)(C)O1. The summed E-state index contributed by atoms with van der Waals surface area (Å²) in [4.78, 5) is 14.8. The zero-order valence-electron chi connectivity index (χ0n) is 12.4. The predicted molar refractivity (Wildman–Crippen MR) is 73.8 cm³/mol. The fraction of sp³-hybridized carbons (Fsp3) is 0.933. The fourth-order valence-electron chi connectivity index (χ4n) is 4.02. The van der Waals surface area contributed by atoms with Crippen LogP contribution in [-0.4, -0.2) is 48.7 Å². The van der Waals surface area contributed by atoms with Crippen LogP contribution in [0.4, 0.5) is 0 Å². The second kappa shape index (κ2) is 4.45. The highest BCUT2D eigenvalue weighted by Crippen LogP contribution is 2.59. The van der Waals surface area contributed by atoms with Gasteiger partial charge in [-0.3, -0.25) is 4.79 Å². The largest absolute Gasteiger partial charge is 0.369 e. The lowest BCUT2D eigenvalue weighted by molar-refractivity contribution is -0.160. The molecule has 4 heteroatoms. The van der Waals surface area contributed by atoms with E-state index in [4.69, 9.17) is 4.74 Å². The van der Waals surface area contributed by atoms with Crippen molar-refractivity contribution in [1.29, 1.82) is 0 Å². The lowest BCUT2D eigenvalue weighted by atomic mass is 9.91. The summed E-state index contributed by atoms with van der Waals surface area (Å²) in [6.45, 7) is 9.87. The molecule has 0 bridgehead atoms. The zero-order valence-corrected chi connectivity index (χ0v) is 12.4. The first-order valence-electron chi connectivity index (χ1n) is 7.59. The summed E-state index contributed by atoms with van der Waals surface area (Å²) in [5.74, 6) is 0.667.